The van der Waals surface area contributed by atoms with Crippen molar-refractivity contribution in [3.63, 3.8) is 0 Å². The highest BCUT2D eigenvalue weighted by molar-refractivity contribution is 7.52. The smallest absolute Gasteiger partial charge is 0.406 e. The molecule has 2 aromatic carbocycles. The van der Waals surface area contributed by atoms with Crippen molar-refractivity contribution in [2.45, 2.75) is 64.6 Å². The minimum Gasteiger partial charge on any atom is -0.406 e. The highest BCUT2D eigenvalue weighted by Crippen LogP contribution is 2.58. The van der Waals surface area contributed by atoms with Crippen molar-refractivity contribution < 1.29 is 46.2 Å². The molecule has 55 heavy (non-hydrogen) atoms. The third-order valence-electron chi connectivity index (χ3n) is 10.6. The van der Waals surface area contributed by atoms with Gasteiger partial charge in [-0.3, -0.25) is 23.8 Å². The number of aliphatic hydroxyl groups is 1. The quantitative estimate of drug-likeness (QED) is 0.145. The van der Waals surface area contributed by atoms with Gasteiger partial charge in [-0.15, -0.1) is 11.3 Å². The van der Waals surface area contributed by atoms with Gasteiger partial charge in [0.1, 0.15) is 12.0 Å². The summed E-state index contributed by atoms with van der Waals surface area (Å²) in [5.41, 5.74) is 0.236. The molecule has 2 aliphatic heterocycles. The maximum absolute atomic E-state index is 16.0. The number of hydrogen-bond donors (Lipinski definition) is 2. The molecule has 0 bridgehead atoms. The Balaban J connectivity index is 1.37. The molecule has 4 aliphatic rings. The van der Waals surface area contributed by atoms with E-state index in [1.807, 2.05) is 24.3 Å². The van der Waals surface area contributed by atoms with Gasteiger partial charge in [0.05, 0.1) is 37.5 Å². The van der Waals surface area contributed by atoms with Crippen molar-refractivity contribution in [2.24, 2.45) is 5.41 Å². The number of hydrogen-bond acceptors (Lipinski definition) is 10. The van der Waals surface area contributed by atoms with E-state index in [9.17, 15) is 19.3 Å². The lowest BCUT2D eigenvalue weighted by atomic mass is 9.80. The second-order valence-electron chi connectivity index (χ2n) is 15.0. The molecule has 2 N–H and O–H groups in total. The Morgan fingerprint density at radius 1 is 1.13 bits per heavy atom. The average Bonchev–Trinajstić information content (AvgIpc) is 3.50. The molecular formula is C38H40F3N4O8PS. The number of ether oxygens (including phenoxy) is 2. The highest BCUT2D eigenvalue weighted by atomic mass is 32.1. The lowest BCUT2D eigenvalue weighted by molar-refractivity contribution is -0.114. The second kappa shape index (κ2) is 13.6. The number of amides is 1. The van der Waals surface area contributed by atoms with E-state index >= 15 is 13.2 Å². The molecule has 2 aromatic heterocycles. The maximum Gasteiger partial charge on any atom is 0.459 e. The molecule has 12 nitrogen and oxygen atoms in total. The second-order valence-corrected chi connectivity index (χ2v) is 17.5. The van der Waals surface area contributed by atoms with Crippen LogP contribution in [0.1, 0.15) is 66.5 Å². The van der Waals surface area contributed by atoms with Crippen LogP contribution in [0.4, 0.5) is 13.2 Å². The number of halogens is 3. The van der Waals surface area contributed by atoms with Crippen LogP contribution >= 0.6 is 19.1 Å². The van der Waals surface area contributed by atoms with E-state index in [1.165, 1.54) is 40.3 Å². The predicted octanol–water partition coefficient (Wildman–Crippen LogP) is 6.38. The molecule has 0 radical (unpaired) electrons. The third kappa shape index (κ3) is 6.04. The first-order valence-electron chi connectivity index (χ1n) is 17.9. The highest BCUT2D eigenvalue weighted by Gasteiger charge is 2.51. The van der Waals surface area contributed by atoms with Crippen molar-refractivity contribution in [1.82, 2.24) is 14.7 Å². The van der Waals surface area contributed by atoms with E-state index in [2.05, 4.69) is 5.09 Å². The molecule has 1 fully saturated rings. The average molecular weight is 801 g/mol. The summed E-state index contributed by atoms with van der Waals surface area (Å²) in [6.45, 7) is 6.95. The van der Waals surface area contributed by atoms with Crippen LogP contribution in [0.3, 0.4) is 0 Å². The number of thiophene rings is 1. The van der Waals surface area contributed by atoms with Gasteiger partial charge in [0, 0.05) is 48.3 Å². The summed E-state index contributed by atoms with van der Waals surface area (Å²) in [5, 5.41) is 16.9. The van der Waals surface area contributed by atoms with Crippen LogP contribution in [-0.4, -0.2) is 72.6 Å². The fourth-order valence-corrected chi connectivity index (χ4v) is 11.1. The minimum atomic E-state index is -4.56. The van der Waals surface area contributed by atoms with Gasteiger partial charge in [-0.1, -0.05) is 51.1 Å². The molecule has 17 heteroatoms. The van der Waals surface area contributed by atoms with Crippen molar-refractivity contribution in [2.75, 3.05) is 38.5 Å². The Kier molecular flexibility index (Phi) is 9.35. The van der Waals surface area contributed by atoms with E-state index in [0.717, 1.165) is 17.7 Å². The van der Waals surface area contributed by atoms with Gasteiger partial charge in [0.2, 0.25) is 11.2 Å². The molecule has 2 aliphatic carbocycles. The largest absolute Gasteiger partial charge is 0.459 e. The number of aliphatic hydroxyl groups excluding tert-OH is 1. The van der Waals surface area contributed by atoms with Crippen LogP contribution in [0.5, 0.6) is 5.75 Å². The summed E-state index contributed by atoms with van der Waals surface area (Å²) in [6.07, 6.45) is -1.60. The topological polar surface area (TPSA) is 132 Å². The fourth-order valence-electron chi connectivity index (χ4n) is 8.15. The van der Waals surface area contributed by atoms with Crippen LogP contribution < -0.4 is 20.0 Å². The van der Waals surface area contributed by atoms with E-state index in [4.69, 9.17) is 18.5 Å². The van der Waals surface area contributed by atoms with Crippen molar-refractivity contribution >= 4 is 25.0 Å². The minimum absolute atomic E-state index is 0.0000818. The first-order valence-corrected chi connectivity index (χ1v) is 20.3. The number of methoxy groups -OCH3 is 1. The van der Waals surface area contributed by atoms with Gasteiger partial charge < -0.3 is 24.0 Å². The molecule has 2 unspecified atom stereocenters. The van der Waals surface area contributed by atoms with E-state index in [-0.39, 0.29) is 37.6 Å². The monoisotopic (exact) mass is 800 g/mol. The summed E-state index contributed by atoms with van der Waals surface area (Å²) in [6, 6.07) is 9.11. The number of pyridine rings is 1. The van der Waals surface area contributed by atoms with E-state index in [0.29, 0.717) is 27.1 Å². The molecule has 0 saturated carbocycles. The fraction of sp³-hybridized carbons (Fsp3) is 0.421. The van der Waals surface area contributed by atoms with Gasteiger partial charge in [0.25, 0.3) is 11.8 Å². The predicted molar refractivity (Wildman–Crippen MR) is 198 cm³/mol. The Hall–Kier alpha value is -4.02. The molecule has 1 saturated heterocycles. The molecule has 0 spiro atoms. The zero-order chi connectivity index (χ0) is 39.2. The summed E-state index contributed by atoms with van der Waals surface area (Å²) < 4.78 is 86.6. The number of aromatic nitrogens is 1. The zero-order valence-electron chi connectivity index (χ0n) is 30.7. The van der Waals surface area contributed by atoms with Gasteiger partial charge in [-0.2, -0.15) is 0 Å². The van der Waals surface area contributed by atoms with Gasteiger partial charge in [0.15, 0.2) is 12.0 Å². The molecule has 292 valence electrons. The van der Waals surface area contributed by atoms with Crippen LogP contribution in [0.2, 0.25) is 0 Å². The van der Waals surface area contributed by atoms with Crippen molar-refractivity contribution in [3.05, 3.63) is 98.0 Å². The molecule has 1 amide bonds. The Bertz CT molecular complexity index is 2310. The van der Waals surface area contributed by atoms with Crippen molar-refractivity contribution in [1.29, 1.82) is 0 Å². The summed E-state index contributed by atoms with van der Waals surface area (Å²) in [5.74, 6) is -5.78. The molecule has 8 rings (SSSR count). The number of morpholine rings is 1. The summed E-state index contributed by atoms with van der Waals surface area (Å²) >= 11 is 1.31. The third-order valence-corrected chi connectivity index (χ3v) is 13.2. The number of carbonyl (C=O) groups excluding carboxylic acids is 1. The van der Waals surface area contributed by atoms with Gasteiger partial charge >= 0.3 is 7.75 Å². The molecular weight excluding hydrogens is 760 g/mol. The normalized spacial score (nSPS) is 21.7. The van der Waals surface area contributed by atoms with Crippen LogP contribution in [0.25, 0.3) is 21.6 Å². The summed E-state index contributed by atoms with van der Waals surface area (Å²) in [4.78, 5) is 30.7. The van der Waals surface area contributed by atoms with Crippen molar-refractivity contribution in [3.8, 4) is 27.3 Å². The Morgan fingerprint density at radius 2 is 1.89 bits per heavy atom. The van der Waals surface area contributed by atoms with E-state index < -0.39 is 78.5 Å². The standard InChI is InChI=1S/C38H40F3N4O8PS/c1-6-52-54(49,42-34(36(48)50-5)37(2,3)4)53-32-25(46)13-14-44-31(32)35(47)43-15-16-51-18-26(43)45(44)30-21-9-7-8-10-22(21)33-27-20(19-55-33)17-38(40,41)29-24(39)12-11-23(30)28(27)29/h7-14,19,26,30,34,36,48H,6,15-18H2,1-5H3,(H,42,49)/t26-,30-,34+,36?,54?/m1/s1. The number of fused-ring (bicyclic) bond motifs is 4. The Labute approximate surface area is 318 Å². The molecule has 4 aromatic rings. The first-order chi connectivity index (χ1) is 26.1. The van der Waals surface area contributed by atoms with Crippen LogP contribution in [0.15, 0.2) is 58.8 Å². The number of carbonyl (C=O) groups is 1. The summed E-state index contributed by atoms with van der Waals surface area (Å²) in [7, 11) is -3.29. The molecule has 5 atom stereocenters. The molecule has 4 heterocycles. The number of benzene rings is 2. The van der Waals surface area contributed by atoms with Crippen LogP contribution in [-0.2, 0) is 30.9 Å². The lowest BCUT2D eigenvalue weighted by Crippen LogP contribution is -2.66. The lowest BCUT2D eigenvalue weighted by Gasteiger charge is -2.51. The first kappa shape index (κ1) is 37.9. The number of nitrogens with one attached hydrogen (secondary N) is 1. The SMILES string of the molecule is CCOP(=O)(N[C@@H](C(O)OC)C(C)(C)C)Oc1c2n(ccc1=O)N([C@@H]1c3ccccc3-c3scc4c3-c3c1ccc(F)c3C(F)(F)C4)[C@@H]1COCCN1C2=O. The number of alkyl halides is 2. The maximum atomic E-state index is 16.0. The Morgan fingerprint density at radius 3 is 2.62 bits per heavy atom. The number of nitrogens with zero attached hydrogens (tertiary/aromatic N) is 3. The zero-order valence-corrected chi connectivity index (χ0v) is 32.4. The van der Waals surface area contributed by atoms with Crippen LogP contribution in [0, 0.1) is 11.2 Å². The van der Waals surface area contributed by atoms with E-state index in [1.54, 1.807) is 38.1 Å². The van der Waals surface area contributed by atoms with Gasteiger partial charge in [-0.25, -0.2) is 22.8 Å². The van der Waals surface area contributed by atoms with Gasteiger partial charge in [-0.05, 0) is 46.0 Å². The number of rotatable bonds is 9.